The molecule has 23 heavy (non-hydrogen) atoms. The van der Waals surface area contributed by atoms with Gasteiger partial charge in [-0.1, -0.05) is 6.92 Å². The maximum Gasteiger partial charge on any atom is 0.270 e. The van der Waals surface area contributed by atoms with Crippen molar-refractivity contribution in [3.8, 4) is 11.3 Å². The second-order valence-electron chi connectivity index (χ2n) is 6.24. The largest absolute Gasteiger partial charge is 0.357 e. The SMILES string of the molecule is CC1CCN(C(=O)c2cc(-c3ncnc4[nH]ccc34)c[nH]2)CC1. The van der Waals surface area contributed by atoms with Crippen molar-refractivity contribution in [2.75, 3.05) is 13.1 Å². The average molecular weight is 309 g/mol. The highest BCUT2D eigenvalue weighted by Gasteiger charge is 2.22. The van der Waals surface area contributed by atoms with Crippen LogP contribution in [0.3, 0.4) is 0 Å². The van der Waals surface area contributed by atoms with Gasteiger partial charge >= 0.3 is 0 Å². The molecule has 4 rings (SSSR count). The van der Waals surface area contributed by atoms with Crippen molar-refractivity contribution in [3.05, 3.63) is 36.5 Å². The number of carbonyl (C=O) groups excluding carboxylic acids is 1. The summed E-state index contributed by atoms with van der Waals surface area (Å²) in [5.41, 5.74) is 3.16. The predicted octanol–water partition coefficient (Wildman–Crippen LogP) is 2.83. The Morgan fingerprint density at radius 2 is 2.09 bits per heavy atom. The Morgan fingerprint density at radius 1 is 1.26 bits per heavy atom. The van der Waals surface area contributed by atoms with Gasteiger partial charge in [-0.3, -0.25) is 4.79 Å². The van der Waals surface area contributed by atoms with Crippen LogP contribution in [0.4, 0.5) is 0 Å². The number of amides is 1. The number of nitrogens with zero attached hydrogens (tertiary/aromatic N) is 3. The summed E-state index contributed by atoms with van der Waals surface area (Å²) in [6.45, 7) is 3.92. The summed E-state index contributed by atoms with van der Waals surface area (Å²) >= 11 is 0. The number of piperidine rings is 1. The van der Waals surface area contributed by atoms with Crippen LogP contribution in [-0.2, 0) is 0 Å². The van der Waals surface area contributed by atoms with Crippen LogP contribution in [0.25, 0.3) is 22.3 Å². The van der Waals surface area contributed by atoms with Crippen LogP contribution in [0.1, 0.15) is 30.3 Å². The number of carbonyl (C=O) groups is 1. The molecule has 0 aromatic carbocycles. The zero-order valence-corrected chi connectivity index (χ0v) is 13.0. The van der Waals surface area contributed by atoms with E-state index < -0.39 is 0 Å². The third-order valence-corrected chi connectivity index (χ3v) is 4.61. The molecule has 3 aromatic rings. The van der Waals surface area contributed by atoms with Gasteiger partial charge in [0.05, 0.1) is 5.69 Å². The van der Waals surface area contributed by atoms with E-state index in [0.717, 1.165) is 48.2 Å². The van der Waals surface area contributed by atoms with Crippen LogP contribution >= 0.6 is 0 Å². The molecule has 0 radical (unpaired) electrons. The Bertz CT molecular complexity index is 841. The normalized spacial score (nSPS) is 16.1. The first kappa shape index (κ1) is 14.0. The monoisotopic (exact) mass is 309 g/mol. The van der Waals surface area contributed by atoms with Crippen molar-refractivity contribution in [2.45, 2.75) is 19.8 Å². The molecule has 0 unspecified atom stereocenters. The summed E-state index contributed by atoms with van der Waals surface area (Å²) in [6, 6.07) is 3.83. The summed E-state index contributed by atoms with van der Waals surface area (Å²) in [5.74, 6) is 0.781. The van der Waals surface area contributed by atoms with Crippen molar-refractivity contribution in [1.29, 1.82) is 0 Å². The molecule has 1 aliphatic rings. The summed E-state index contributed by atoms with van der Waals surface area (Å²) < 4.78 is 0. The van der Waals surface area contributed by atoms with Crippen molar-refractivity contribution in [2.24, 2.45) is 5.92 Å². The van der Waals surface area contributed by atoms with Gasteiger partial charge in [0.2, 0.25) is 0 Å². The van der Waals surface area contributed by atoms with Crippen molar-refractivity contribution < 1.29 is 4.79 Å². The zero-order valence-electron chi connectivity index (χ0n) is 13.0. The summed E-state index contributed by atoms with van der Waals surface area (Å²) in [7, 11) is 0. The first-order chi connectivity index (χ1) is 11.2. The van der Waals surface area contributed by atoms with Crippen molar-refractivity contribution in [1.82, 2.24) is 24.8 Å². The second-order valence-corrected chi connectivity index (χ2v) is 6.24. The Labute approximate surface area is 133 Å². The summed E-state index contributed by atoms with van der Waals surface area (Å²) in [5, 5.41) is 0.956. The molecule has 3 aromatic heterocycles. The van der Waals surface area contributed by atoms with Gasteiger partial charge in [0.25, 0.3) is 5.91 Å². The minimum Gasteiger partial charge on any atom is -0.357 e. The number of rotatable bonds is 2. The molecule has 1 saturated heterocycles. The molecule has 0 bridgehead atoms. The fourth-order valence-electron chi connectivity index (χ4n) is 3.14. The topological polar surface area (TPSA) is 77.7 Å². The fraction of sp³-hybridized carbons (Fsp3) is 0.353. The van der Waals surface area contributed by atoms with Crippen LogP contribution in [0.15, 0.2) is 30.9 Å². The maximum atomic E-state index is 12.6. The summed E-state index contributed by atoms with van der Waals surface area (Å²) in [4.78, 5) is 29.3. The Balaban J connectivity index is 1.62. The van der Waals surface area contributed by atoms with Crippen molar-refractivity contribution >= 4 is 16.9 Å². The van der Waals surface area contributed by atoms with Gasteiger partial charge in [0.15, 0.2) is 0 Å². The molecule has 0 saturated carbocycles. The molecule has 0 aliphatic carbocycles. The van der Waals surface area contributed by atoms with Crippen LogP contribution in [-0.4, -0.2) is 43.8 Å². The minimum absolute atomic E-state index is 0.0718. The van der Waals surface area contributed by atoms with Gasteiger partial charge in [-0.25, -0.2) is 9.97 Å². The molecule has 1 aliphatic heterocycles. The molecule has 6 nitrogen and oxygen atoms in total. The van der Waals surface area contributed by atoms with E-state index in [2.05, 4.69) is 26.9 Å². The van der Waals surface area contributed by atoms with E-state index in [1.807, 2.05) is 29.4 Å². The van der Waals surface area contributed by atoms with Crippen LogP contribution in [0, 0.1) is 5.92 Å². The van der Waals surface area contributed by atoms with Gasteiger partial charge < -0.3 is 14.9 Å². The number of H-pyrrole nitrogens is 2. The number of aromatic nitrogens is 4. The third-order valence-electron chi connectivity index (χ3n) is 4.61. The molecule has 0 atom stereocenters. The Morgan fingerprint density at radius 3 is 2.91 bits per heavy atom. The number of likely N-dealkylation sites (tertiary alicyclic amines) is 1. The quantitative estimate of drug-likeness (QED) is 0.764. The van der Waals surface area contributed by atoms with Gasteiger partial charge in [0.1, 0.15) is 17.7 Å². The maximum absolute atomic E-state index is 12.6. The highest BCUT2D eigenvalue weighted by atomic mass is 16.2. The highest BCUT2D eigenvalue weighted by molar-refractivity contribution is 5.96. The second kappa shape index (κ2) is 5.53. The molecule has 1 amide bonds. The van der Waals surface area contributed by atoms with E-state index in [1.165, 1.54) is 6.33 Å². The zero-order chi connectivity index (χ0) is 15.8. The first-order valence-electron chi connectivity index (χ1n) is 7.98. The lowest BCUT2D eigenvalue weighted by Gasteiger charge is -2.29. The Kier molecular flexibility index (Phi) is 3.37. The molecule has 2 N–H and O–H groups in total. The van der Waals surface area contributed by atoms with Gasteiger partial charge in [-0.05, 0) is 30.9 Å². The molecule has 4 heterocycles. The standard InChI is InChI=1S/C17H19N5O/c1-11-3-6-22(7-4-11)17(23)14-8-12(9-19-14)15-13-2-5-18-16(13)21-10-20-15/h2,5,8-11,19H,3-4,6-7H2,1H3,(H,18,20,21). The van der Waals surface area contributed by atoms with Crippen molar-refractivity contribution in [3.63, 3.8) is 0 Å². The van der Waals surface area contributed by atoms with E-state index in [0.29, 0.717) is 11.6 Å². The third kappa shape index (κ3) is 2.50. The highest BCUT2D eigenvalue weighted by Crippen LogP contribution is 2.26. The van der Waals surface area contributed by atoms with Crippen LogP contribution in [0.2, 0.25) is 0 Å². The molecule has 0 spiro atoms. The van der Waals surface area contributed by atoms with Crippen LogP contribution < -0.4 is 0 Å². The van der Waals surface area contributed by atoms with Gasteiger partial charge in [-0.2, -0.15) is 0 Å². The lowest BCUT2D eigenvalue weighted by Crippen LogP contribution is -2.38. The number of aromatic amines is 2. The average Bonchev–Trinajstić information content (AvgIpc) is 3.24. The van der Waals surface area contributed by atoms with E-state index in [-0.39, 0.29) is 5.91 Å². The first-order valence-corrected chi connectivity index (χ1v) is 7.98. The van der Waals surface area contributed by atoms with E-state index >= 15 is 0 Å². The smallest absolute Gasteiger partial charge is 0.270 e. The lowest BCUT2D eigenvalue weighted by atomic mass is 9.99. The number of hydrogen-bond donors (Lipinski definition) is 2. The lowest BCUT2D eigenvalue weighted by molar-refractivity contribution is 0.0692. The van der Waals surface area contributed by atoms with Crippen LogP contribution in [0.5, 0.6) is 0 Å². The molecule has 6 heteroatoms. The fourth-order valence-corrected chi connectivity index (χ4v) is 3.14. The Hall–Kier alpha value is -2.63. The molecule has 1 fully saturated rings. The van der Waals surface area contributed by atoms with E-state index in [9.17, 15) is 4.79 Å². The molecule has 118 valence electrons. The van der Waals surface area contributed by atoms with Gasteiger partial charge in [-0.15, -0.1) is 0 Å². The predicted molar refractivity (Wildman–Crippen MR) is 88.0 cm³/mol. The minimum atomic E-state index is 0.0718. The molecular weight excluding hydrogens is 290 g/mol. The number of hydrogen-bond acceptors (Lipinski definition) is 3. The number of fused-ring (bicyclic) bond motifs is 1. The summed E-state index contributed by atoms with van der Waals surface area (Å²) in [6.07, 6.45) is 7.38. The molecular formula is C17H19N5O. The van der Waals surface area contributed by atoms with Gasteiger partial charge in [0, 0.05) is 36.4 Å². The van der Waals surface area contributed by atoms with E-state index in [1.54, 1.807) is 0 Å². The number of nitrogens with one attached hydrogen (secondary N) is 2. The van der Waals surface area contributed by atoms with E-state index in [4.69, 9.17) is 0 Å².